The minimum atomic E-state index is -0.327. The van der Waals surface area contributed by atoms with Gasteiger partial charge in [0.05, 0.1) is 5.54 Å². The zero-order valence-corrected chi connectivity index (χ0v) is 14.4. The van der Waals surface area contributed by atoms with Crippen molar-refractivity contribution in [1.29, 1.82) is 0 Å². The molecule has 0 aromatic heterocycles. The second-order valence-corrected chi connectivity index (χ2v) is 9.35. The summed E-state index contributed by atoms with van der Waals surface area (Å²) in [6.45, 7) is 2.41. The molecule has 0 radical (unpaired) electrons. The Kier molecular flexibility index (Phi) is 3.21. The Bertz CT molecular complexity index is 549. The summed E-state index contributed by atoms with van der Waals surface area (Å²) in [5.41, 5.74) is 0.242. The standard InChI is InChI=1S/C19H28N2O3/c22-16(15-8-19(9-15)12-24-17(23)20-19)21-10-18(11-21)6-14(7-18)13-4-2-1-3-5-13/h13-15H,1-12H2,(H,20,23). The molecule has 0 bridgehead atoms. The molecule has 132 valence electrons. The van der Waals surface area contributed by atoms with Gasteiger partial charge in [0, 0.05) is 24.4 Å². The van der Waals surface area contributed by atoms with E-state index in [4.69, 9.17) is 4.74 Å². The van der Waals surface area contributed by atoms with Crippen LogP contribution >= 0.6 is 0 Å². The Hall–Kier alpha value is -1.26. The van der Waals surface area contributed by atoms with Crippen molar-refractivity contribution in [2.45, 2.75) is 63.3 Å². The maximum Gasteiger partial charge on any atom is 0.407 e. The Morgan fingerprint density at radius 2 is 1.75 bits per heavy atom. The molecule has 1 N–H and O–H groups in total. The minimum Gasteiger partial charge on any atom is -0.447 e. The highest BCUT2D eigenvalue weighted by Crippen LogP contribution is 2.57. The van der Waals surface area contributed by atoms with Crippen LogP contribution < -0.4 is 5.32 Å². The summed E-state index contributed by atoms with van der Waals surface area (Å²) in [4.78, 5) is 25.9. The number of hydrogen-bond donors (Lipinski definition) is 1. The number of alkyl carbamates (subject to hydrolysis) is 1. The van der Waals surface area contributed by atoms with Crippen molar-refractivity contribution in [3.63, 3.8) is 0 Å². The van der Waals surface area contributed by atoms with Crippen molar-refractivity contribution >= 4 is 12.0 Å². The van der Waals surface area contributed by atoms with Crippen LogP contribution in [0.5, 0.6) is 0 Å². The normalized spacial score (nSPS) is 32.0. The molecule has 2 aliphatic heterocycles. The molecular weight excluding hydrogens is 304 g/mol. The lowest BCUT2D eigenvalue weighted by Crippen LogP contribution is -2.67. The predicted molar refractivity (Wildman–Crippen MR) is 88.3 cm³/mol. The van der Waals surface area contributed by atoms with Crippen LogP contribution in [0, 0.1) is 23.2 Å². The number of hydrogen-bond acceptors (Lipinski definition) is 3. The van der Waals surface area contributed by atoms with Gasteiger partial charge >= 0.3 is 6.09 Å². The van der Waals surface area contributed by atoms with Crippen LogP contribution in [-0.4, -0.2) is 42.1 Å². The first kappa shape index (κ1) is 15.0. The summed E-state index contributed by atoms with van der Waals surface area (Å²) in [5.74, 6) is 2.33. The zero-order chi connectivity index (χ0) is 16.4. The number of ether oxygens (including phenoxy) is 1. The molecule has 2 spiro atoms. The first-order valence-corrected chi connectivity index (χ1v) is 9.80. The molecule has 24 heavy (non-hydrogen) atoms. The van der Waals surface area contributed by atoms with Crippen LogP contribution in [-0.2, 0) is 9.53 Å². The lowest BCUT2D eigenvalue weighted by Gasteiger charge is -2.62. The van der Waals surface area contributed by atoms with Gasteiger partial charge in [-0.2, -0.15) is 0 Å². The van der Waals surface area contributed by atoms with Crippen LogP contribution in [0.2, 0.25) is 0 Å². The van der Waals surface area contributed by atoms with Crippen molar-refractivity contribution in [1.82, 2.24) is 10.2 Å². The van der Waals surface area contributed by atoms with E-state index in [1.165, 1.54) is 44.9 Å². The van der Waals surface area contributed by atoms with Crippen LogP contribution in [0.1, 0.15) is 57.8 Å². The average molecular weight is 332 g/mol. The van der Waals surface area contributed by atoms with Crippen LogP contribution in [0.15, 0.2) is 0 Å². The van der Waals surface area contributed by atoms with Crippen LogP contribution in [0.4, 0.5) is 4.79 Å². The SMILES string of the molecule is O=C1NC2(CO1)CC(C(=O)N1CC3(CC(C4CCCCC4)C3)C1)C2. The molecule has 3 aliphatic carbocycles. The largest absolute Gasteiger partial charge is 0.447 e. The number of carbonyl (C=O) groups is 2. The highest BCUT2D eigenvalue weighted by Gasteiger charge is 2.58. The molecule has 5 rings (SSSR count). The molecule has 5 nitrogen and oxygen atoms in total. The van der Waals surface area contributed by atoms with Gasteiger partial charge in [-0.15, -0.1) is 0 Å². The van der Waals surface area contributed by atoms with Gasteiger partial charge < -0.3 is 15.0 Å². The van der Waals surface area contributed by atoms with Gasteiger partial charge in [-0.3, -0.25) is 4.79 Å². The molecule has 5 heteroatoms. The lowest BCUT2D eigenvalue weighted by atomic mass is 9.53. The number of nitrogens with zero attached hydrogens (tertiary/aromatic N) is 1. The third-order valence-corrected chi connectivity index (χ3v) is 7.54. The summed E-state index contributed by atoms with van der Waals surface area (Å²) in [5, 5.41) is 2.88. The van der Waals surface area contributed by atoms with Crippen molar-refractivity contribution < 1.29 is 14.3 Å². The summed E-state index contributed by atoms with van der Waals surface area (Å²) < 4.78 is 4.99. The molecule has 0 aromatic carbocycles. The monoisotopic (exact) mass is 332 g/mol. The lowest BCUT2D eigenvalue weighted by molar-refractivity contribution is -0.168. The maximum atomic E-state index is 12.6. The number of cyclic esters (lactones) is 1. The second-order valence-electron chi connectivity index (χ2n) is 9.35. The van der Waals surface area contributed by atoms with E-state index in [-0.39, 0.29) is 17.6 Å². The molecule has 5 aliphatic rings. The van der Waals surface area contributed by atoms with Gasteiger partial charge in [0.2, 0.25) is 5.91 Å². The van der Waals surface area contributed by atoms with Crippen LogP contribution in [0.25, 0.3) is 0 Å². The summed E-state index contributed by atoms with van der Waals surface area (Å²) in [6.07, 6.45) is 11.1. The highest BCUT2D eigenvalue weighted by atomic mass is 16.6. The Balaban J connectivity index is 1.08. The summed E-state index contributed by atoms with van der Waals surface area (Å²) in [7, 11) is 0. The van der Waals surface area contributed by atoms with E-state index >= 15 is 0 Å². The molecule has 5 fully saturated rings. The second kappa shape index (κ2) is 5.12. The predicted octanol–water partition coefficient (Wildman–Crippen LogP) is 2.69. The van der Waals surface area contributed by atoms with E-state index in [1.54, 1.807) is 0 Å². The first-order valence-electron chi connectivity index (χ1n) is 9.80. The maximum absolute atomic E-state index is 12.6. The average Bonchev–Trinajstić information content (AvgIpc) is 2.86. The van der Waals surface area contributed by atoms with E-state index in [9.17, 15) is 9.59 Å². The van der Waals surface area contributed by atoms with Gasteiger partial charge in [0.1, 0.15) is 6.61 Å². The van der Waals surface area contributed by atoms with Crippen LogP contribution in [0.3, 0.4) is 0 Å². The van der Waals surface area contributed by atoms with Crippen molar-refractivity contribution in [2.75, 3.05) is 19.7 Å². The van der Waals surface area contributed by atoms with Crippen molar-refractivity contribution in [3.8, 4) is 0 Å². The molecule has 2 saturated heterocycles. The van der Waals surface area contributed by atoms with Gasteiger partial charge in [-0.1, -0.05) is 32.1 Å². The van der Waals surface area contributed by atoms with E-state index in [0.717, 1.165) is 37.8 Å². The van der Waals surface area contributed by atoms with E-state index in [0.29, 0.717) is 17.9 Å². The summed E-state index contributed by atoms with van der Waals surface area (Å²) >= 11 is 0. The van der Waals surface area contributed by atoms with Gasteiger partial charge in [0.15, 0.2) is 0 Å². The Labute approximate surface area is 143 Å². The Morgan fingerprint density at radius 3 is 2.38 bits per heavy atom. The third-order valence-electron chi connectivity index (χ3n) is 7.54. The smallest absolute Gasteiger partial charge is 0.407 e. The number of rotatable bonds is 2. The fourth-order valence-corrected chi connectivity index (χ4v) is 6.20. The summed E-state index contributed by atoms with van der Waals surface area (Å²) in [6, 6.07) is 0. The van der Waals surface area contributed by atoms with Gasteiger partial charge in [0.25, 0.3) is 0 Å². The zero-order valence-electron chi connectivity index (χ0n) is 14.4. The van der Waals surface area contributed by atoms with Crippen molar-refractivity contribution in [2.24, 2.45) is 23.2 Å². The molecule has 0 atom stereocenters. The number of nitrogens with one attached hydrogen (secondary N) is 1. The fraction of sp³-hybridized carbons (Fsp3) is 0.895. The molecule has 2 heterocycles. The molecule has 3 saturated carbocycles. The molecule has 2 amide bonds. The fourth-order valence-electron chi connectivity index (χ4n) is 6.20. The number of carbonyl (C=O) groups excluding carboxylic acids is 2. The number of likely N-dealkylation sites (tertiary alicyclic amines) is 1. The van der Waals surface area contributed by atoms with E-state index in [2.05, 4.69) is 10.2 Å². The van der Waals surface area contributed by atoms with Crippen molar-refractivity contribution in [3.05, 3.63) is 0 Å². The topological polar surface area (TPSA) is 58.6 Å². The first-order chi connectivity index (χ1) is 11.6. The van der Waals surface area contributed by atoms with Gasteiger partial charge in [-0.25, -0.2) is 4.79 Å². The van der Waals surface area contributed by atoms with E-state index in [1.807, 2.05) is 0 Å². The molecular formula is C19H28N2O3. The third kappa shape index (κ3) is 2.26. The Morgan fingerprint density at radius 1 is 1.04 bits per heavy atom. The quantitative estimate of drug-likeness (QED) is 0.846. The number of amides is 2. The molecule has 0 unspecified atom stereocenters. The van der Waals surface area contributed by atoms with Gasteiger partial charge in [-0.05, 0) is 37.5 Å². The van der Waals surface area contributed by atoms with E-state index < -0.39 is 0 Å². The molecule has 0 aromatic rings. The highest BCUT2D eigenvalue weighted by molar-refractivity contribution is 5.82. The minimum absolute atomic E-state index is 0.0959.